The second-order valence-electron chi connectivity index (χ2n) is 5.98. The number of hydrogen-bond acceptors (Lipinski definition) is 4. The quantitative estimate of drug-likeness (QED) is 0.892. The van der Waals surface area contributed by atoms with Crippen molar-refractivity contribution in [3.8, 4) is 0 Å². The van der Waals surface area contributed by atoms with Crippen molar-refractivity contribution in [3.05, 3.63) is 29.6 Å². The fraction of sp³-hybridized carbons (Fsp3) is 0.600. The Hall–Kier alpha value is -1.02. The second kappa shape index (κ2) is 6.23. The summed E-state index contributed by atoms with van der Waals surface area (Å²) in [6.45, 7) is 6.32. The van der Waals surface area contributed by atoms with Crippen molar-refractivity contribution in [1.29, 1.82) is 0 Å². The van der Waals surface area contributed by atoms with E-state index in [4.69, 9.17) is 0 Å². The van der Waals surface area contributed by atoms with E-state index in [1.165, 1.54) is 16.4 Å². The molecule has 2 saturated heterocycles. The fourth-order valence-electron chi connectivity index (χ4n) is 3.35. The molecular formula is C15H22FN3O2S. The first kappa shape index (κ1) is 15.9. The minimum atomic E-state index is -3.76. The molecule has 7 heteroatoms. The molecule has 1 atom stereocenters. The number of piperazine rings is 1. The van der Waals surface area contributed by atoms with Crippen LogP contribution in [0.5, 0.6) is 0 Å². The number of halogens is 1. The van der Waals surface area contributed by atoms with Gasteiger partial charge < -0.3 is 5.32 Å². The van der Waals surface area contributed by atoms with Gasteiger partial charge in [0.1, 0.15) is 10.7 Å². The molecule has 0 bridgehead atoms. The van der Waals surface area contributed by atoms with Crippen molar-refractivity contribution < 1.29 is 12.8 Å². The van der Waals surface area contributed by atoms with Crippen LogP contribution in [-0.4, -0.2) is 62.9 Å². The first-order valence-corrected chi connectivity index (χ1v) is 9.14. The Labute approximate surface area is 131 Å². The Morgan fingerprint density at radius 2 is 1.95 bits per heavy atom. The molecule has 2 fully saturated rings. The fourth-order valence-corrected chi connectivity index (χ4v) is 5.11. The van der Waals surface area contributed by atoms with Crippen LogP contribution in [0.3, 0.4) is 0 Å². The summed E-state index contributed by atoms with van der Waals surface area (Å²) in [6.07, 6.45) is 0.812. The van der Waals surface area contributed by atoms with Crippen molar-refractivity contribution in [1.82, 2.24) is 14.5 Å². The molecule has 0 aromatic heterocycles. The summed E-state index contributed by atoms with van der Waals surface area (Å²) in [6, 6.07) is 4.63. The predicted octanol–water partition coefficient (Wildman–Crippen LogP) is 0.802. The van der Waals surface area contributed by atoms with E-state index in [1.807, 2.05) is 0 Å². The highest BCUT2D eigenvalue weighted by Gasteiger charge is 2.37. The molecule has 0 aliphatic carbocycles. The third kappa shape index (κ3) is 2.90. The molecule has 1 aromatic rings. The van der Waals surface area contributed by atoms with Gasteiger partial charge in [-0.3, -0.25) is 4.90 Å². The van der Waals surface area contributed by atoms with E-state index in [0.717, 1.165) is 32.6 Å². The third-order valence-corrected chi connectivity index (χ3v) is 6.60. The zero-order chi connectivity index (χ0) is 15.7. The molecule has 0 amide bonds. The van der Waals surface area contributed by atoms with E-state index in [9.17, 15) is 12.8 Å². The molecule has 3 rings (SSSR count). The molecule has 122 valence electrons. The van der Waals surface area contributed by atoms with Gasteiger partial charge in [0.2, 0.25) is 10.0 Å². The maximum absolute atomic E-state index is 14.0. The maximum atomic E-state index is 14.0. The van der Waals surface area contributed by atoms with Gasteiger partial charge >= 0.3 is 0 Å². The van der Waals surface area contributed by atoms with Gasteiger partial charge in [0, 0.05) is 45.3 Å². The zero-order valence-electron chi connectivity index (χ0n) is 12.8. The van der Waals surface area contributed by atoms with Crippen LogP contribution in [0, 0.1) is 12.7 Å². The molecule has 1 unspecified atom stereocenters. The van der Waals surface area contributed by atoms with E-state index in [0.29, 0.717) is 18.7 Å². The number of aryl methyl sites for hydroxylation is 1. The average molecular weight is 327 g/mol. The van der Waals surface area contributed by atoms with Crippen molar-refractivity contribution in [2.45, 2.75) is 24.3 Å². The molecule has 2 heterocycles. The second-order valence-corrected chi connectivity index (χ2v) is 7.85. The first-order valence-electron chi connectivity index (χ1n) is 7.70. The number of hydrogen-bond donors (Lipinski definition) is 1. The lowest BCUT2D eigenvalue weighted by molar-refractivity contribution is 0.179. The normalized spacial score (nSPS) is 24.7. The van der Waals surface area contributed by atoms with Crippen molar-refractivity contribution in [2.75, 3.05) is 39.3 Å². The van der Waals surface area contributed by atoms with E-state index in [-0.39, 0.29) is 10.9 Å². The molecule has 1 N–H and O–H groups in total. The number of benzene rings is 1. The Bertz CT molecular complexity index is 624. The average Bonchev–Trinajstić information content (AvgIpc) is 2.98. The summed E-state index contributed by atoms with van der Waals surface area (Å²) < 4.78 is 41.0. The molecular weight excluding hydrogens is 305 g/mol. The standard InChI is InChI=1S/C15H22FN3O2S/c1-12-3-2-4-14(16)15(12)22(20,21)19-8-5-13(11-19)18-9-6-17-7-10-18/h2-4,13,17H,5-11H2,1H3. The minimum absolute atomic E-state index is 0.170. The van der Waals surface area contributed by atoms with Gasteiger partial charge in [-0.1, -0.05) is 12.1 Å². The van der Waals surface area contributed by atoms with Gasteiger partial charge in [-0.15, -0.1) is 0 Å². The molecule has 0 radical (unpaired) electrons. The van der Waals surface area contributed by atoms with Gasteiger partial charge in [0.25, 0.3) is 0 Å². The lowest BCUT2D eigenvalue weighted by Crippen LogP contribution is -2.49. The summed E-state index contributed by atoms with van der Waals surface area (Å²) in [5.41, 5.74) is 0.464. The van der Waals surface area contributed by atoms with Crippen LogP contribution >= 0.6 is 0 Å². The Morgan fingerprint density at radius 1 is 1.23 bits per heavy atom. The first-order chi connectivity index (χ1) is 10.5. The number of nitrogens with zero attached hydrogens (tertiary/aromatic N) is 2. The lowest BCUT2D eigenvalue weighted by atomic mass is 10.2. The molecule has 22 heavy (non-hydrogen) atoms. The lowest BCUT2D eigenvalue weighted by Gasteiger charge is -2.32. The number of rotatable bonds is 3. The molecule has 2 aliphatic heterocycles. The summed E-state index contributed by atoms with van der Waals surface area (Å²) >= 11 is 0. The van der Waals surface area contributed by atoms with Crippen LogP contribution in [0.1, 0.15) is 12.0 Å². The summed E-state index contributed by atoms with van der Waals surface area (Å²) in [7, 11) is -3.76. The van der Waals surface area contributed by atoms with Gasteiger partial charge in [0.05, 0.1) is 0 Å². The molecule has 0 spiro atoms. The van der Waals surface area contributed by atoms with Crippen LogP contribution in [-0.2, 0) is 10.0 Å². The monoisotopic (exact) mass is 327 g/mol. The largest absolute Gasteiger partial charge is 0.314 e. The number of nitrogens with one attached hydrogen (secondary N) is 1. The maximum Gasteiger partial charge on any atom is 0.246 e. The van der Waals surface area contributed by atoms with E-state index in [1.54, 1.807) is 13.0 Å². The highest BCUT2D eigenvalue weighted by atomic mass is 32.2. The SMILES string of the molecule is Cc1cccc(F)c1S(=O)(=O)N1CCC(N2CCNCC2)C1. The molecule has 0 saturated carbocycles. The predicted molar refractivity (Wildman–Crippen MR) is 82.7 cm³/mol. The van der Waals surface area contributed by atoms with Gasteiger partial charge in [-0.05, 0) is 25.0 Å². The molecule has 1 aromatic carbocycles. The summed E-state index contributed by atoms with van der Waals surface area (Å²) in [5.74, 6) is -0.661. The highest BCUT2D eigenvalue weighted by Crippen LogP contribution is 2.27. The Morgan fingerprint density at radius 3 is 2.64 bits per heavy atom. The third-order valence-electron chi connectivity index (χ3n) is 4.56. The van der Waals surface area contributed by atoms with Gasteiger partial charge in [-0.25, -0.2) is 12.8 Å². The number of sulfonamides is 1. The van der Waals surface area contributed by atoms with Crippen LogP contribution in [0.15, 0.2) is 23.1 Å². The van der Waals surface area contributed by atoms with Crippen molar-refractivity contribution in [2.24, 2.45) is 0 Å². The van der Waals surface area contributed by atoms with Crippen LogP contribution in [0.25, 0.3) is 0 Å². The topological polar surface area (TPSA) is 52.7 Å². The van der Waals surface area contributed by atoms with E-state index in [2.05, 4.69) is 10.2 Å². The van der Waals surface area contributed by atoms with Gasteiger partial charge in [-0.2, -0.15) is 4.31 Å². The highest BCUT2D eigenvalue weighted by molar-refractivity contribution is 7.89. The smallest absolute Gasteiger partial charge is 0.246 e. The molecule has 5 nitrogen and oxygen atoms in total. The summed E-state index contributed by atoms with van der Waals surface area (Å²) in [5, 5.41) is 3.30. The van der Waals surface area contributed by atoms with Crippen LogP contribution < -0.4 is 5.32 Å². The van der Waals surface area contributed by atoms with Gasteiger partial charge in [0.15, 0.2) is 0 Å². The molecule has 2 aliphatic rings. The van der Waals surface area contributed by atoms with Crippen LogP contribution in [0.4, 0.5) is 4.39 Å². The van der Waals surface area contributed by atoms with Crippen molar-refractivity contribution in [3.63, 3.8) is 0 Å². The summed E-state index contributed by atoms with van der Waals surface area (Å²) in [4.78, 5) is 2.16. The zero-order valence-corrected chi connectivity index (χ0v) is 13.6. The van der Waals surface area contributed by atoms with E-state index < -0.39 is 15.8 Å². The Kier molecular flexibility index (Phi) is 4.49. The van der Waals surface area contributed by atoms with E-state index >= 15 is 0 Å². The Balaban J connectivity index is 1.79. The minimum Gasteiger partial charge on any atom is -0.314 e. The van der Waals surface area contributed by atoms with Crippen molar-refractivity contribution >= 4 is 10.0 Å². The van der Waals surface area contributed by atoms with Crippen LogP contribution in [0.2, 0.25) is 0 Å².